The molecule has 1 aromatic heterocycles. The highest BCUT2D eigenvalue weighted by atomic mass is 32.1. The summed E-state index contributed by atoms with van der Waals surface area (Å²) in [5.74, 6) is 2.63. The van der Waals surface area contributed by atoms with E-state index in [0.717, 1.165) is 48.8 Å². The first-order valence-corrected chi connectivity index (χ1v) is 11.1. The van der Waals surface area contributed by atoms with Crippen LogP contribution in [-0.2, 0) is 0 Å². The number of nitrogens with zero attached hydrogens (tertiary/aromatic N) is 3. The van der Waals surface area contributed by atoms with Gasteiger partial charge < -0.3 is 20.9 Å². The Balaban J connectivity index is 1.51. The normalized spacial score (nSPS) is 18.6. The highest BCUT2D eigenvalue weighted by Gasteiger charge is 2.22. The Labute approximate surface area is 185 Å². The first kappa shape index (κ1) is 22.3. The smallest absolute Gasteiger partial charge is 0.171 e. The quantitative estimate of drug-likeness (QED) is 0.609. The Morgan fingerprint density at radius 3 is 2.13 bits per heavy atom. The van der Waals surface area contributed by atoms with Crippen LogP contribution in [0.25, 0.3) is 0 Å². The molecule has 1 aliphatic carbocycles. The number of aryl methyl sites for hydroxylation is 4. The zero-order chi connectivity index (χ0) is 21.8. The molecule has 0 radical (unpaired) electrons. The van der Waals surface area contributed by atoms with Gasteiger partial charge in [0.25, 0.3) is 0 Å². The van der Waals surface area contributed by atoms with Gasteiger partial charge in [0.1, 0.15) is 17.5 Å². The molecule has 0 atom stereocenters. The van der Waals surface area contributed by atoms with Gasteiger partial charge in [-0.15, -0.1) is 0 Å². The fourth-order valence-corrected chi connectivity index (χ4v) is 4.43. The summed E-state index contributed by atoms with van der Waals surface area (Å²) in [4.78, 5) is 11.0. The number of hydrogen-bond acceptors (Lipinski definition) is 5. The van der Waals surface area contributed by atoms with Crippen LogP contribution in [0, 0.1) is 27.7 Å². The molecule has 1 aromatic carbocycles. The van der Waals surface area contributed by atoms with E-state index in [-0.39, 0.29) is 0 Å². The van der Waals surface area contributed by atoms with E-state index >= 15 is 0 Å². The van der Waals surface area contributed by atoms with Crippen molar-refractivity contribution < 1.29 is 0 Å². The number of aromatic nitrogens is 2. The van der Waals surface area contributed by atoms with E-state index in [1.807, 2.05) is 32.0 Å². The molecule has 3 N–H and O–H groups in total. The number of anilines is 3. The van der Waals surface area contributed by atoms with E-state index in [0.29, 0.717) is 17.2 Å². The Morgan fingerprint density at radius 2 is 1.53 bits per heavy atom. The molecular formula is C23H34N6S. The highest BCUT2D eigenvalue weighted by molar-refractivity contribution is 7.80. The summed E-state index contributed by atoms with van der Waals surface area (Å²) < 4.78 is 0. The molecule has 7 heteroatoms. The summed E-state index contributed by atoms with van der Waals surface area (Å²) in [6.45, 7) is 8.30. The minimum Gasteiger partial charge on any atom is -0.367 e. The van der Waals surface area contributed by atoms with Crippen molar-refractivity contribution in [1.29, 1.82) is 0 Å². The number of nitrogens with one attached hydrogen (secondary N) is 3. The second-order valence-electron chi connectivity index (χ2n) is 8.62. The molecule has 30 heavy (non-hydrogen) atoms. The molecule has 0 spiro atoms. The minimum absolute atomic E-state index is 0.401. The van der Waals surface area contributed by atoms with Crippen LogP contribution < -0.4 is 20.9 Å². The average Bonchev–Trinajstić information content (AvgIpc) is 2.66. The van der Waals surface area contributed by atoms with Crippen molar-refractivity contribution in [2.75, 3.05) is 29.6 Å². The zero-order valence-electron chi connectivity index (χ0n) is 19.0. The maximum atomic E-state index is 5.60. The third-order valence-corrected chi connectivity index (χ3v) is 5.83. The average molecular weight is 427 g/mol. The molecule has 0 aliphatic heterocycles. The lowest BCUT2D eigenvalue weighted by Gasteiger charge is -2.31. The van der Waals surface area contributed by atoms with E-state index in [2.05, 4.69) is 58.8 Å². The summed E-state index contributed by atoms with van der Waals surface area (Å²) in [5.41, 5.74) is 4.84. The summed E-state index contributed by atoms with van der Waals surface area (Å²) in [7, 11) is 4.00. The van der Waals surface area contributed by atoms with Gasteiger partial charge in [0.05, 0.1) is 0 Å². The van der Waals surface area contributed by atoms with Gasteiger partial charge in [0.2, 0.25) is 0 Å². The predicted octanol–water partition coefficient (Wildman–Crippen LogP) is 4.49. The molecule has 1 fully saturated rings. The number of hydrogen-bond donors (Lipinski definition) is 3. The number of rotatable bonds is 5. The van der Waals surface area contributed by atoms with Gasteiger partial charge >= 0.3 is 0 Å². The van der Waals surface area contributed by atoms with Gasteiger partial charge in [-0.05, 0) is 76.7 Å². The van der Waals surface area contributed by atoms with Crippen LogP contribution in [0.3, 0.4) is 0 Å². The lowest BCUT2D eigenvalue weighted by atomic mass is 9.91. The van der Waals surface area contributed by atoms with Gasteiger partial charge in [0.15, 0.2) is 5.11 Å². The maximum absolute atomic E-state index is 5.60. The van der Waals surface area contributed by atoms with Crippen LogP contribution in [-0.4, -0.2) is 41.3 Å². The molecule has 6 nitrogen and oxygen atoms in total. The van der Waals surface area contributed by atoms with E-state index in [4.69, 9.17) is 12.2 Å². The zero-order valence-corrected chi connectivity index (χ0v) is 19.8. The predicted molar refractivity (Wildman–Crippen MR) is 131 cm³/mol. The molecule has 2 aromatic rings. The van der Waals surface area contributed by atoms with Gasteiger partial charge in [0, 0.05) is 37.9 Å². The van der Waals surface area contributed by atoms with Crippen molar-refractivity contribution in [2.24, 2.45) is 0 Å². The van der Waals surface area contributed by atoms with Crippen LogP contribution in [0.5, 0.6) is 0 Å². The van der Waals surface area contributed by atoms with Crippen LogP contribution in [0.15, 0.2) is 18.2 Å². The van der Waals surface area contributed by atoms with Crippen LogP contribution in [0.2, 0.25) is 0 Å². The fraction of sp³-hybridized carbons (Fsp3) is 0.522. The van der Waals surface area contributed by atoms with E-state index in [1.54, 1.807) is 0 Å². The van der Waals surface area contributed by atoms with Crippen molar-refractivity contribution in [3.63, 3.8) is 0 Å². The third kappa shape index (κ3) is 5.81. The molecule has 1 saturated carbocycles. The van der Waals surface area contributed by atoms with Crippen LogP contribution in [0.1, 0.15) is 48.2 Å². The SMILES string of the molecule is Cc1cc(C)c(NC(=S)NC2CCC(Nc3cc(N(C)C)nc(C)n3)CC2)c(C)c1. The topological polar surface area (TPSA) is 65.1 Å². The van der Waals surface area contributed by atoms with Crippen molar-refractivity contribution in [3.05, 3.63) is 40.7 Å². The molecule has 0 unspecified atom stereocenters. The first-order valence-electron chi connectivity index (χ1n) is 10.7. The number of benzene rings is 1. The maximum Gasteiger partial charge on any atom is 0.171 e. The highest BCUT2D eigenvalue weighted by Crippen LogP contribution is 2.24. The van der Waals surface area contributed by atoms with Crippen molar-refractivity contribution >= 4 is 34.7 Å². The first-order chi connectivity index (χ1) is 14.2. The molecule has 1 aliphatic rings. The summed E-state index contributed by atoms with van der Waals surface area (Å²) in [5, 5.41) is 11.2. The van der Waals surface area contributed by atoms with Gasteiger partial charge in [-0.2, -0.15) is 0 Å². The second-order valence-corrected chi connectivity index (χ2v) is 9.03. The molecule has 162 valence electrons. The molecule has 0 saturated heterocycles. The fourth-order valence-electron chi connectivity index (χ4n) is 4.16. The van der Waals surface area contributed by atoms with E-state index in [9.17, 15) is 0 Å². The third-order valence-electron chi connectivity index (χ3n) is 5.61. The minimum atomic E-state index is 0.401. The largest absolute Gasteiger partial charge is 0.367 e. The Hall–Kier alpha value is -2.41. The molecule has 0 bridgehead atoms. The molecule has 1 heterocycles. The summed E-state index contributed by atoms with van der Waals surface area (Å²) in [6, 6.07) is 7.22. The van der Waals surface area contributed by atoms with Crippen LogP contribution in [0.4, 0.5) is 17.3 Å². The Morgan fingerprint density at radius 1 is 0.933 bits per heavy atom. The van der Waals surface area contributed by atoms with Crippen molar-refractivity contribution in [3.8, 4) is 0 Å². The van der Waals surface area contributed by atoms with Crippen molar-refractivity contribution in [2.45, 2.75) is 65.5 Å². The van der Waals surface area contributed by atoms with Gasteiger partial charge in [-0.1, -0.05) is 17.7 Å². The Kier molecular flexibility index (Phi) is 7.13. The molecular weight excluding hydrogens is 392 g/mol. The molecule has 0 amide bonds. The van der Waals surface area contributed by atoms with E-state index in [1.165, 1.54) is 16.7 Å². The van der Waals surface area contributed by atoms with E-state index < -0.39 is 0 Å². The standard InChI is InChI=1S/C23H34N6S/c1-14-11-15(2)22(16(3)12-14)28-23(30)27-19-9-7-18(8-10-19)26-20-13-21(29(5)6)25-17(4)24-20/h11-13,18-19H,7-10H2,1-6H3,(H,24,25,26)(H2,27,28,30). The lowest BCUT2D eigenvalue weighted by Crippen LogP contribution is -2.42. The van der Waals surface area contributed by atoms with Gasteiger partial charge in [-0.3, -0.25) is 0 Å². The molecule has 3 rings (SSSR count). The van der Waals surface area contributed by atoms with Crippen molar-refractivity contribution in [1.82, 2.24) is 15.3 Å². The summed E-state index contributed by atoms with van der Waals surface area (Å²) >= 11 is 5.60. The lowest BCUT2D eigenvalue weighted by molar-refractivity contribution is 0.388. The second kappa shape index (κ2) is 9.60. The Bertz CT molecular complexity index is 880. The summed E-state index contributed by atoms with van der Waals surface area (Å²) in [6.07, 6.45) is 4.33. The van der Waals surface area contributed by atoms with Crippen LogP contribution >= 0.6 is 12.2 Å². The number of thiocarbonyl (C=S) groups is 1. The monoisotopic (exact) mass is 426 g/mol. The van der Waals surface area contributed by atoms with Gasteiger partial charge in [-0.25, -0.2) is 9.97 Å².